The van der Waals surface area contributed by atoms with Crippen LogP contribution < -0.4 is 0 Å². The van der Waals surface area contributed by atoms with Gasteiger partial charge in [-0.05, 0) is 31.6 Å². The van der Waals surface area contributed by atoms with Crippen molar-refractivity contribution in [1.82, 2.24) is 0 Å². The van der Waals surface area contributed by atoms with Crippen LogP contribution in [-0.2, 0) is 0 Å². The van der Waals surface area contributed by atoms with Crippen molar-refractivity contribution < 1.29 is 1.43 Å². The highest BCUT2D eigenvalue weighted by atomic mass is 14.2. The second-order valence-electron chi connectivity index (χ2n) is 5.06. The summed E-state index contributed by atoms with van der Waals surface area (Å²) in [5.41, 5.74) is 2.70. The first-order chi connectivity index (χ1) is 6.99. The van der Waals surface area contributed by atoms with Crippen LogP contribution in [0.5, 0.6) is 0 Å². The van der Waals surface area contributed by atoms with Crippen LogP contribution in [0, 0.1) is 11.8 Å². The lowest BCUT2D eigenvalue weighted by molar-refractivity contribution is 0.497. The van der Waals surface area contributed by atoms with Crippen molar-refractivity contribution in [3.63, 3.8) is 0 Å². The Hall–Kier alpha value is -0.520. The standard InChI is InChI=1S/C15H28.H2/c1-7-8-9-10-15(13(4)5)11-14(6)12(2)3;/h12,15H,4,6-11H2,1-3,5H3;1H. The number of hydrogen-bond donors (Lipinski definition) is 0. The molecule has 0 aliphatic rings. The molecule has 0 heteroatoms. The van der Waals surface area contributed by atoms with Gasteiger partial charge in [-0.2, -0.15) is 0 Å². The molecule has 0 aliphatic carbocycles. The quantitative estimate of drug-likeness (QED) is 0.361. The Balaban J connectivity index is 0. The van der Waals surface area contributed by atoms with E-state index in [1.54, 1.807) is 0 Å². The summed E-state index contributed by atoms with van der Waals surface area (Å²) >= 11 is 0. The van der Waals surface area contributed by atoms with E-state index in [0.717, 1.165) is 6.42 Å². The molecule has 0 radical (unpaired) electrons. The van der Waals surface area contributed by atoms with Crippen LogP contribution in [0.1, 0.15) is 61.2 Å². The summed E-state index contributed by atoms with van der Waals surface area (Å²) in [6.07, 6.45) is 6.40. The maximum Gasteiger partial charge on any atom is 0 e. The zero-order chi connectivity index (χ0) is 11.8. The van der Waals surface area contributed by atoms with Crippen LogP contribution in [-0.4, -0.2) is 0 Å². The van der Waals surface area contributed by atoms with Gasteiger partial charge in [0, 0.05) is 1.43 Å². The van der Waals surface area contributed by atoms with Gasteiger partial charge < -0.3 is 0 Å². The second kappa shape index (κ2) is 7.73. The lowest BCUT2D eigenvalue weighted by atomic mass is 9.86. The van der Waals surface area contributed by atoms with Crippen LogP contribution in [0.15, 0.2) is 24.3 Å². The molecule has 0 saturated carbocycles. The summed E-state index contributed by atoms with van der Waals surface area (Å²) in [6, 6.07) is 0. The smallest absolute Gasteiger partial charge is 0 e. The molecule has 1 unspecified atom stereocenters. The van der Waals surface area contributed by atoms with Crippen LogP contribution in [0.25, 0.3) is 0 Å². The van der Waals surface area contributed by atoms with Crippen LogP contribution in [0.2, 0.25) is 0 Å². The number of hydrogen-bond acceptors (Lipinski definition) is 0. The molecule has 0 saturated heterocycles. The predicted molar refractivity (Wildman–Crippen MR) is 73.2 cm³/mol. The molecule has 0 fully saturated rings. The average Bonchev–Trinajstić information content (AvgIpc) is 2.15. The summed E-state index contributed by atoms with van der Waals surface area (Å²) in [5.74, 6) is 1.27. The Morgan fingerprint density at radius 1 is 1.20 bits per heavy atom. The first kappa shape index (κ1) is 14.5. The van der Waals surface area contributed by atoms with Crippen LogP contribution >= 0.6 is 0 Å². The van der Waals surface area contributed by atoms with E-state index in [9.17, 15) is 0 Å². The third kappa shape index (κ3) is 6.54. The molecule has 0 aromatic rings. The summed E-state index contributed by atoms with van der Waals surface area (Å²) in [7, 11) is 0. The number of unbranched alkanes of at least 4 members (excludes halogenated alkanes) is 2. The molecule has 0 N–H and O–H groups in total. The maximum absolute atomic E-state index is 4.16. The lowest BCUT2D eigenvalue weighted by Gasteiger charge is -2.20. The summed E-state index contributed by atoms with van der Waals surface area (Å²) in [6.45, 7) is 17.1. The van der Waals surface area contributed by atoms with Gasteiger partial charge >= 0.3 is 0 Å². The zero-order valence-electron chi connectivity index (χ0n) is 11.1. The van der Waals surface area contributed by atoms with E-state index in [2.05, 4.69) is 40.9 Å². The van der Waals surface area contributed by atoms with E-state index in [0.29, 0.717) is 11.8 Å². The van der Waals surface area contributed by atoms with E-state index in [4.69, 9.17) is 0 Å². The fourth-order valence-corrected chi connectivity index (χ4v) is 1.72. The van der Waals surface area contributed by atoms with Gasteiger partial charge in [0.25, 0.3) is 0 Å². The van der Waals surface area contributed by atoms with E-state index in [1.165, 1.54) is 36.8 Å². The van der Waals surface area contributed by atoms with Crippen LogP contribution in [0.3, 0.4) is 0 Å². The zero-order valence-corrected chi connectivity index (χ0v) is 11.1. The number of rotatable bonds is 8. The number of allylic oxidation sites excluding steroid dienone is 2. The molecule has 0 amide bonds. The average molecular weight is 210 g/mol. The van der Waals surface area contributed by atoms with E-state index in [-0.39, 0.29) is 1.43 Å². The molecule has 15 heavy (non-hydrogen) atoms. The molecule has 0 spiro atoms. The third-order valence-corrected chi connectivity index (χ3v) is 3.18. The molecule has 0 aromatic heterocycles. The van der Waals surface area contributed by atoms with Crippen molar-refractivity contribution in [3.05, 3.63) is 24.3 Å². The highest BCUT2D eigenvalue weighted by Gasteiger charge is 2.12. The topological polar surface area (TPSA) is 0 Å². The summed E-state index contributed by atoms with van der Waals surface area (Å²) in [5, 5.41) is 0. The molecular weight excluding hydrogens is 180 g/mol. The van der Waals surface area contributed by atoms with E-state index < -0.39 is 0 Å². The Kier molecular flexibility index (Phi) is 7.46. The first-order valence-corrected chi connectivity index (χ1v) is 6.32. The minimum atomic E-state index is 0. The van der Waals surface area contributed by atoms with Crippen molar-refractivity contribution in [3.8, 4) is 0 Å². The van der Waals surface area contributed by atoms with Gasteiger partial charge in [0.15, 0.2) is 0 Å². The summed E-state index contributed by atoms with van der Waals surface area (Å²) in [4.78, 5) is 0. The Bertz CT molecular complexity index is 203. The van der Waals surface area contributed by atoms with E-state index in [1.807, 2.05) is 0 Å². The molecule has 0 aromatic carbocycles. The van der Waals surface area contributed by atoms with Crippen molar-refractivity contribution >= 4 is 0 Å². The monoisotopic (exact) mass is 210 g/mol. The third-order valence-electron chi connectivity index (χ3n) is 3.18. The van der Waals surface area contributed by atoms with Gasteiger partial charge in [-0.25, -0.2) is 0 Å². The second-order valence-corrected chi connectivity index (χ2v) is 5.06. The molecule has 0 bridgehead atoms. The predicted octanol–water partition coefficient (Wildman–Crippen LogP) is 5.61. The van der Waals surface area contributed by atoms with Gasteiger partial charge in [0.05, 0.1) is 0 Å². The molecule has 0 aliphatic heterocycles. The molecule has 0 nitrogen and oxygen atoms in total. The Morgan fingerprint density at radius 2 is 1.80 bits per heavy atom. The highest BCUT2D eigenvalue weighted by molar-refractivity contribution is 5.06. The Labute approximate surface area is 98.0 Å². The van der Waals surface area contributed by atoms with Crippen molar-refractivity contribution in [2.24, 2.45) is 11.8 Å². The first-order valence-electron chi connectivity index (χ1n) is 6.32. The van der Waals surface area contributed by atoms with Gasteiger partial charge in [0.1, 0.15) is 0 Å². The van der Waals surface area contributed by atoms with Crippen molar-refractivity contribution in [1.29, 1.82) is 0 Å². The lowest BCUT2D eigenvalue weighted by Crippen LogP contribution is -2.06. The van der Waals surface area contributed by atoms with Crippen molar-refractivity contribution in [2.75, 3.05) is 0 Å². The van der Waals surface area contributed by atoms with Gasteiger partial charge in [-0.15, -0.1) is 0 Å². The molecule has 90 valence electrons. The molecular formula is C15H30. The summed E-state index contributed by atoms with van der Waals surface area (Å²) < 4.78 is 0. The fraction of sp³-hybridized carbons (Fsp3) is 0.733. The molecule has 0 heterocycles. The normalized spacial score (nSPS) is 12.9. The van der Waals surface area contributed by atoms with Crippen LogP contribution in [0.4, 0.5) is 0 Å². The SMILES string of the molecule is C=C(CC(CCCCC)C(=C)C)C(C)C.[HH]. The minimum absolute atomic E-state index is 0. The van der Waals surface area contributed by atoms with Gasteiger partial charge in [0.2, 0.25) is 0 Å². The highest BCUT2D eigenvalue weighted by Crippen LogP contribution is 2.26. The Morgan fingerprint density at radius 3 is 2.20 bits per heavy atom. The molecule has 1 atom stereocenters. The van der Waals surface area contributed by atoms with Gasteiger partial charge in [-0.1, -0.05) is 64.3 Å². The molecule has 0 rings (SSSR count). The van der Waals surface area contributed by atoms with E-state index >= 15 is 0 Å². The van der Waals surface area contributed by atoms with Gasteiger partial charge in [-0.3, -0.25) is 0 Å². The fourth-order valence-electron chi connectivity index (χ4n) is 1.72. The largest absolute Gasteiger partial charge is 0.0998 e. The minimum Gasteiger partial charge on any atom is -0.0998 e. The van der Waals surface area contributed by atoms with Crippen molar-refractivity contribution in [2.45, 2.75) is 59.8 Å². The maximum atomic E-state index is 4.16.